The van der Waals surface area contributed by atoms with Crippen molar-refractivity contribution in [3.8, 4) is 11.1 Å². The fourth-order valence-electron chi connectivity index (χ4n) is 4.01. The van der Waals surface area contributed by atoms with Crippen molar-refractivity contribution in [1.29, 1.82) is 0 Å². The summed E-state index contributed by atoms with van der Waals surface area (Å²) in [5, 5.41) is 15.8. The highest BCUT2D eigenvalue weighted by Crippen LogP contribution is 2.39. The van der Waals surface area contributed by atoms with Crippen LogP contribution in [0.2, 0.25) is 0 Å². The Labute approximate surface area is 156 Å². The summed E-state index contributed by atoms with van der Waals surface area (Å²) in [7, 11) is 0. The van der Waals surface area contributed by atoms with E-state index in [0.29, 0.717) is 5.56 Å². The van der Waals surface area contributed by atoms with E-state index in [0.717, 1.165) is 43.4 Å². The maximum absolute atomic E-state index is 11.8. The molecule has 5 aromatic rings. The van der Waals surface area contributed by atoms with Gasteiger partial charge in [0.1, 0.15) is 0 Å². The van der Waals surface area contributed by atoms with Crippen molar-refractivity contribution in [2.75, 3.05) is 0 Å². The van der Waals surface area contributed by atoms with Gasteiger partial charge in [0.15, 0.2) is 0 Å². The molecule has 5 rings (SSSR count). The molecule has 1 N–H and O–H groups in total. The highest BCUT2D eigenvalue weighted by molar-refractivity contribution is 6.26. The van der Waals surface area contributed by atoms with E-state index in [4.69, 9.17) is 0 Å². The lowest BCUT2D eigenvalue weighted by molar-refractivity contribution is 0.0699. The molecule has 0 atom stereocenters. The molecule has 0 aliphatic heterocycles. The molecule has 0 unspecified atom stereocenters. The van der Waals surface area contributed by atoms with E-state index < -0.39 is 5.97 Å². The van der Waals surface area contributed by atoms with Gasteiger partial charge in [0.25, 0.3) is 0 Å². The van der Waals surface area contributed by atoms with Crippen molar-refractivity contribution in [1.82, 2.24) is 0 Å². The van der Waals surface area contributed by atoms with Crippen LogP contribution in [0.25, 0.3) is 43.4 Å². The Bertz CT molecular complexity index is 1330. The van der Waals surface area contributed by atoms with Gasteiger partial charge < -0.3 is 5.11 Å². The second-order valence-corrected chi connectivity index (χ2v) is 6.71. The third kappa shape index (κ3) is 2.38. The number of benzene rings is 5. The maximum atomic E-state index is 11.8. The third-order valence-electron chi connectivity index (χ3n) is 5.18. The molecular formula is C25H16O2. The summed E-state index contributed by atoms with van der Waals surface area (Å²) in [6, 6.07) is 30.3. The first-order valence-electron chi connectivity index (χ1n) is 8.90. The van der Waals surface area contributed by atoms with Gasteiger partial charge in [-0.05, 0) is 49.5 Å². The Morgan fingerprint density at radius 3 is 2.11 bits per heavy atom. The number of carboxylic acids is 1. The van der Waals surface area contributed by atoms with Gasteiger partial charge in [0, 0.05) is 0 Å². The predicted molar refractivity (Wildman–Crippen MR) is 111 cm³/mol. The van der Waals surface area contributed by atoms with E-state index in [1.165, 1.54) is 0 Å². The lowest BCUT2D eigenvalue weighted by Gasteiger charge is -2.14. The number of fused-ring (bicyclic) bond motifs is 5. The molecule has 0 spiro atoms. The first-order chi connectivity index (χ1) is 13.2. The monoisotopic (exact) mass is 348 g/mol. The van der Waals surface area contributed by atoms with Crippen molar-refractivity contribution in [3.05, 3.63) is 96.6 Å². The quantitative estimate of drug-likeness (QED) is 0.369. The molecule has 0 amide bonds. The van der Waals surface area contributed by atoms with Gasteiger partial charge in [0.05, 0.1) is 5.56 Å². The molecule has 128 valence electrons. The van der Waals surface area contributed by atoms with Crippen LogP contribution in [0, 0.1) is 0 Å². The minimum Gasteiger partial charge on any atom is -0.478 e. The van der Waals surface area contributed by atoms with E-state index in [1.807, 2.05) is 48.5 Å². The molecule has 2 nitrogen and oxygen atoms in total. The van der Waals surface area contributed by atoms with Gasteiger partial charge in [-0.15, -0.1) is 0 Å². The highest BCUT2D eigenvalue weighted by Gasteiger charge is 2.15. The Balaban J connectivity index is 2.05. The number of carbonyl (C=O) groups is 1. The summed E-state index contributed by atoms with van der Waals surface area (Å²) in [5.74, 6) is -0.899. The minimum atomic E-state index is -0.899. The summed E-state index contributed by atoms with van der Waals surface area (Å²) in [6.07, 6.45) is 0. The predicted octanol–water partition coefficient (Wildman–Crippen LogP) is 6.51. The molecule has 0 bridgehead atoms. The van der Waals surface area contributed by atoms with Gasteiger partial charge in [-0.1, -0.05) is 84.9 Å². The van der Waals surface area contributed by atoms with Gasteiger partial charge in [-0.25, -0.2) is 4.79 Å². The molecule has 0 fully saturated rings. The third-order valence-corrected chi connectivity index (χ3v) is 5.18. The lowest BCUT2D eigenvalue weighted by atomic mass is 9.89. The summed E-state index contributed by atoms with van der Waals surface area (Å²) >= 11 is 0. The fraction of sp³-hybridized carbons (Fsp3) is 0. The van der Waals surface area contributed by atoms with Crippen LogP contribution in [0.15, 0.2) is 91.0 Å². The van der Waals surface area contributed by atoms with Crippen LogP contribution < -0.4 is 0 Å². The van der Waals surface area contributed by atoms with Crippen LogP contribution >= 0.6 is 0 Å². The second-order valence-electron chi connectivity index (χ2n) is 6.71. The molecule has 27 heavy (non-hydrogen) atoms. The smallest absolute Gasteiger partial charge is 0.336 e. The zero-order valence-electron chi connectivity index (χ0n) is 14.5. The Kier molecular flexibility index (Phi) is 3.44. The lowest BCUT2D eigenvalue weighted by Crippen LogP contribution is -1.98. The molecular weight excluding hydrogens is 332 g/mol. The summed E-state index contributed by atoms with van der Waals surface area (Å²) in [6.45, 7) is 0. The first kappa shape index (κ1) is 15.6. The van der Waals surface area contributed by atoms with Crippen LogP contribution in [0.4, 0.5) is 0 Å². The molecule has 2 heteroatoms. The van der Waals surface area contributed by atoms with Gasteiger partial charge in [0.2, 0.25) is 0 Å². The summed E-state index contributed by atoms with van der Waals surface area (Å²) < 4.78 is 0. The molecule has 0 saturated heterocycles. The molecule has 0 heterocycles. The summed E-state index contributed by atoms with van der Waals surface area (Å²) in [5.41, 5.74) is 2.66. The summed E-state index contributed by atoms with van der Waals surface area (Å²) in [4.78, 5) is 11.8. The van der Waals surface area contributed by atoms with E-state index >= 15 is 0 Å². The molecule has 0 aliphatic rings. The maximum Gasteiger partial charge on any atom is 0.336 e. The minimum absolute atomic E-state index is 0.342. The van der Waals surface area contributed by atoms with Gasteiger partial charge >= 0.3 is 5.97 Å². The van der Waals surface area contributed by atoms with Crippen LogP contribution in [0.3, 0.4) is 0 Å². The second kappa shape index (κ2) is 5.96. The number of hydrogen-bond donors (Lipinski definition) is 1. The number of aromatic carboxylic acids is 1. The average Bonchev–Trinajstić information content (AvgIpc) is 2.72. The number of hydrogen-bond acceptors (Lipinski definition) is 1. The van der Waals surface area contributed by atoms with Crippen molar-refractivity contribution in [2.24, 2.45) is 0 Å². The van der Waals surface area contributed by atoms with Crippen molar-refractivity contribution in [3.63, 3.8) is 0 Å². The Morgan fingerprint density at radius 2 is 1.33 bits per heavy atom. The largest absolute Gasteiger partial charge is 0.478 e. The Hall–Kier alpha value is -3.65. The van der Waals surface area contributed by atoms with Crippen LogP contribution in [0.1, 0.15) is 10.4 Å². The highest BCUT2D eigenvalue weighted by atomic mass is 16.4. The van der Waals surface area contributed by atoms with Crippen LogP contribution in [-0.2, 0) is 0 Å². The zero-order valence-corrected chi connectivity index (χ0v) is 14.5. The fourth-order valence-corrected chi connectivity index (χ4v) is 4.01. The standard InChI is InChI=1S/C25H16O2/c26-25(27)22-15-18-14-13-17-9-6-12-19(16-7-2-1-3-8-16)23(17)24(18)21-11-5-4-10-20(21)22/h1-15H,(H,26,27). The van der Waals surface area contributed by atoms with Crippen molar-refractivity contribution >= 4 is 38.3 Å². The van der Waals surface area contributed by atoms with Crippen LogP contribution in [-0.4, -0.2) is 11.1 Å². The van der Waals surface area contributed by atoms with E-state index in [9.17, 15) is 9.90 Å². The molecule has 0 saturated carbocycles. The van der Waals surface area contributed by atoms with E-state index in [1.54, 1.807) is 6.07 Å². The average molecular weight is 348 g/mol. The topological polar surface area (TPSA) is 37.3 Å². The molecule has 0 aromatic heterocycles. The van der Waals surface area contributed by atoms with Crippen LogP contribution in [0.5, 0.6) is 0 Å². The first-order valence-corrected chi connectivity index (χ1v) is 8.90. The van der Waals surface area contributed by atoms with Crippen molar-refractivity contribution in [2.45, 2.75) is 0 Å². The van der Waals surface area contributed by atoms with E-state index in [2.05, 4.69) is 36.4 Å². The molecule has 0 aliphatic carbocycles. The van der Waals surface area contributed by atoms with Gasteiger partial charge in [-0.2, -0.15) is 0 Å². The normalized spacial score (nSPS) is 11.3. The zero-order chi connectivity index (χ0) is 18.4. The Morgan fingerprint density at radius 1 is 0.630 bits per heavy atom. The molecule has 0 radical (unpaired) electrons. The van der Waals surface area contributed by atoms with E-state index in [-0.39, 0.29) is 0 Å². The van der Waals surface area contributed by atoms with Crippen molar-refractivity contribution < 1.29 is 9.90 Å². The number of rotatable bonds is 2. The van der Waals surface area contributed by atoms with Gasteiger partial charge in [-0.3, -0.25) is 0 Å². The molecule has 5 aromatic carbocycles. The SMILES string of the molecule is O=C(O)c1cc2ccc3cccc(-c4ccccc4)c3c2c2ccccc12. The number of carboxylic acid groups (broad SMARTS) is 1.